The van der Waals surface area contributed by atoms with Gasteiger partial charge in [0.2, 0.25) is 5.79 Å². The first-order chi connectivity index (χ1) is 7.12. The van der Waals surface area contributed by atoms with Crippen LogP contribution in [0, 0.1) is 0 Å². The third-order valence-electron chi connectivity index (χ3n) is 3.13. The highest BCUT2D eigenvalue weighted by Gasteiger charge is 2.81. The summed E-state index contributed by atoms with van der Waals surface area (Å²) in [6, 6.07) is 0. The molecule has 0 bridgehead atoms. The van der Waals surface area contributed by atoms with Crippen LogP contribution in [0.15, 0.2) is 0 Å². The van der Waals surface area contributed by atoms with Gasteiger partial charge in [0, 0.05) is 0 Å². The Balaban J connectivity index is 3.54. The molecular weight excluding hydrogens is 236 g/mol. The highest BCUT2D eigenvalue weighted by atomic mass is 16.7. The van der Waals surface area contributed by atoms with Crippen LogP contribution in [-0.4, -0.2) is 69.5 Å². The Morgan fingerprint density at radius 2 is 1.29 bits per heavy atom. The first-order valence-electron chi connectivity index (χ1n) is 4.77. The van der Waals surface area contributed by atoms with Gasteiger partial charge in [-0.05, 0) is 20.8 Å². The molecule has 102 valence electrons. The van der Waals surface area contributed by atoms with E-state index in [2.05, 4.69) is 0 Å². The minimum absolute atomic E-state index is 0.174. The van der Waals surface area contributed by atoms with Crippen molar-refractivity contribution in [3.05, 3.63) is 0 Å². The first-order valence-corrected chi connectivity index (χ1v) is 4.77. The quantitative estimate of drug-likeness (QED) is 0.215. The van der Waals surface area contributed by atoms with E-state index < -0.39 is 28.9 Å². The Morgan fingerprint density at radius 1 is 0.941 bits per heavy atom. The van der Waals surface area contributed by atoms with Crippen LogP contribution < -0.4 is 5.73 Å². The molecule has 9 nitrogen and oxygen atoms in total. The van der Waals surface area contributed by atoms with Gasteiger partial charge in [0.1, 0.15) is 0 Å². The SMILES string of the molecule is CC(N)(O)N1C(C)(C)C(O)(O)C(O)(O)C1(O)O. The fourth-order valence-corrected chi connectivity index (χ4v) is 2.24. The van der Waals surface area contributed by atoms with Crippen molar-refractivity contribution in [2.45, 2.75) is 49.6 Å². The summed E-state index contributed by atoms with van der Waals surface area (Å²) in [5.74, 6) is -13.1. The minimum atomic E-state index is -3.74. The Hall–Kier alpha value is -0.360. The summed E-state index contributed by atoms with van der Waals surface area (Å²) in [6.45, 7) is 2.97. The van der Waals surface area contributed by atoms with Gasteiger partial charge in [0.15, 0.2) is 5.85 Å². The van der Waals surface area contributed by atoms with E-state index in [0.717, 1.165) is 20.8 Å². The lowest BCUT2D eigenvalue weighted by molar-refractivity contribution is -0.447. The van der Waals surface area contributed by atoms with Gasteiger partial charge in [0.25, 0.3) is 11.7 Å². The molecule has 9 N–H and O–H groups in total. The topological polar surface area (TPSA) is 171 Å². The highest BCUT2D eigenvalue weighted by Crippen LogP contribution is 2.51. The Bertz CT molecular complexity index is 305. The summed E-state index contributed by atoms with van der Waals surface area (Å²) in [4.78, 5) is 0.174. The average molecular weight is 254 g/mol. The molecule has 0 radical (unpaired) electrons. The maximum Gasteiger partial charge on any atom is 0.292 e. The lowest BCUT2D eigenvalue weighted by Crippen LogP contribution is -2.70. The summed E-state index contributed by atoms with van der Waals surface area (Å²) in [5, 5.41) is 67.0. The van der Waals surface area contributed by atoms with Crippen molar-refractivity contribution in [2.75, 3.05) is 0 Å². The van der Waals surface area contributed by atoms with Gasteiger partial charge in [-0.2, -0.15) is 4.90 Å². The van der Waals surface area contributed by atoms with Crippen LogP contribution in [0.25, 0.3) is 0 Å². The summed E-state index contributed by atoms with van der Waals surface area (Å²) >= 11 is 0. The monoisotopic (exact) mass is 254 g/mol. The Morgan fingerprint density at radius 3 is 1.41 bits per heavy atom. The number of nitrogens with zero attached hydrogens (tertiary/aromatic N) is 1. The second kappa shape index (κ2) is 3.15. The number of aliphatic hydroxyl groups is 7. The first kappa shape index (κ1) is 14.7. The van der Waals surface area contributed by atoms with Crippen LogP contribution in [0.4, 0.5) is 0 Å². The molecular formula is C8H18N2O7. The zero-order valence-corrected chi connectivity index (χ0v) is 9.66. The molecule has 1 aliphatic rings. The number of hydrogen-bond acceptors (Lipinski definition) is 9. The zero-order chi connectivity index (χ0) is 14.1. The van der Waals surface area contributed by atoms with Crippen molar-refractivity contribution >= 4 is 0 Å². The van der Waals surface area contributed by atoms with Crippen LogP contribution in [0.1, 0.15) is 20.8 Å². The second-order valence-electron chi connectivity index (χ2n) is 4.97. The lowest BCUT2D eigenvalue weighted by atomic mass is 9.90. The van der Waals surface area contributed by atoms with Crippen LogP contribution >= 0.6 is 0 Å². The van der Waals surface area contributed by atoms with Gasteiger partial charge in [0.05, 0.1) is 5.54 Å². The Labute approximate surface area is 96.9 Å². The van der Waals surface area contributed by atoms with Gasteiger partial charge in [-0.3, -0.25) is 5.73 Å². The molecule has 0 saturated carbocycles. The minimum Gasteiger partial charge on any atom is -0.363 e. The van der Waals surface area contributed by atoms with E-state index in [0.29, 0.717) is 0 Å². The van der Waals surface area contributed by atoms with Crippen molar-refractivity contribution in [1.29, 1.82) is 0 Å². The summed E-state index contributed by atoms with van der Waals surface area (Å²) < 4.78 is 0. The summed E-state index contributed by atoms with van der Waals surface area (Å²) in [7, 11) is 0. The molecule has 0 aliphatic carbocycles. The molecule has 0 aromatic heterocycles. The lowest BCUT2D eigenvalue weighted by Gasteiger charge is -2.44. The molecule has 0 spiro atoms. The van der Waals surface area contributed by atoms with E-state index in [4.69, 9.17) is 5.73 Å². The van der Waals surface area contributed by atoms with Crippen molar-refractivity contribution in [3.63, 3.8) is 0 Å². The van der Waals surface area contributed by atoms with Crippen molar-refractivity contribution < 1.29 is 35.7 Å². The third-order valence-corrected chi connectivity index (χ3v) is 3.13. The molecule has 0 aromatic carbocycles. The largest absolute Gasteiger partial charge is 0.363 e. The number of rotatable bonds is 1. The van der Waals surface area contributed by atoms with Gasteiger partial charge < -0.3 is 35.7 Å². The predicted octanol–water partition coefficient (Wildman–Crippen LogP) is -4.29. The van der Waals surface area contributed by atoms with E-state index in [-0.39, 0.29) is 4.90 Å². The van der Waals surface area contributed by atoms with E-state index in [1.807, 2.05) is 0 Å². The normalized spacial score (nSPS) is 33.4. The predicted molar refractivity (Wildman–Crippen MR) is 52.2 cm³/mol. The van der Waals surface area contributed by atoms with Gasteiger partial charge in [-0.15, -0.1) is 0 Å². The fourth-order valence-electron chi connectivity index (χ4n) is 2.24. The number of hydrogen-bond donors (Lipinski definition) is 8. The molecule has 17 heavy (non-hydrogen) atoms. The van der Waals surface area contributed by atoms with E-state index in [9.17, 15) is 35.7 Å². The maximum absolute atomic E-state index is 9.65. The molecule has 1 atom stereocenters. The molecule has 1 fully saturated rings. The molecule has 1 rings (SSSR count). The smallest absolute Gasteiger partial charge is 0.292 e. The molecule has 1 aliphatic heterocycles. The standard InChI is InChI=1S/C8H18N2O7/c1-4(2)6(12,13)7(14,15)8(16,17)10(4)5(3,9)11/h11-17H,9H2,1-3H3. The zero-order valence-electron chi connectivity index (χ0n) is 9.66. The second-order valence-corrected chi connectivity index (χ2v) is 4.97. The molecule has 9 heteroatoms. The average Bonchev–Trinajstić information content (AvgIpc) is 2.03. The molecule has 0 aromatic rings. The fraction of sp³-hybridized carbons (Fsp3) is 1.00. The number of nitrogens with two attached hydrogens (primary N) is 1. The van der Waals surface area contributed by atoms with E-state index in [1.54, 1.807) is 0 Å². The summed E-state index contributed by atoms with van der Waals surface area (Å²) in [6.07, 6.45) is 0. The third kappa shape index (κ3) is 1.46. The molecule has 1 saturated heterocycles. The Kier molecular flexibility index (Phi) is 2.72. The van der Waals surface area contributed by atoms with Crippen LogP contribution in [0.2, 0.25) is 0 Å². The van der Waals surface area contributed by atoms with Crippen molar-refractivity contribution in [1.82, 2.24) is 4.90 Å². The van der Waals surface area contributed by atoms with Gasteiger partial charge in [-0.1, -0.05) is 0 Å². The summed E-state index contributed by atoms with van der Waals surface area (Å²) in [5.41, 5.74) is 3.18. The molecule has 1 heterocycles. The van der Waals surface area contributed by atoms with Gasteiger partial charge >= 0.3 is 0 Å². The highest BCUT2D eigenvalue weighted by molar-refractivity contribution is 5.16. The van der Waals surface area contributed by atoms with Crippen molar-refractivity contribution in [3.8, 4) is 0 Å². The van der Waals surface area contributed by atoms with Gasteiger partial charge in [-0.25, -0.2) is 0 Å². The maximum atomic E-state index is 9.65. The van der Waals surface area contributed by atoms with Crippen LogP contribution in [0.3, 0.4) is 0 Å². The van der Waals surface area contributed by atoms with E-state index >= 15 is 0 Å². The molecule has 0 amide bonds. The van der Waals surface area contributed by atoms with Crippen LogP contribution in [0.5, 0.6) is 0 Å². The molecule has 1 unspecified atom stereocenters. The van der Waals surface area contributed by atoms with E-state index in [1.165, 1.54) is 0 Å². The van der Waals surface area contributed by atoms with Crippen molar-refractivity contribution in [2.24, 2.45) is 5.73 Å². The number of likely N-dealkylation sites (tertiary alicyclic amines) is 1. The van der Waals surface area contributed by atoms with Crippen LogP contribution in [-0.2, 0) is 0 Å².